The van der Waals surface area contributed by atoms with Crippen LogP contribution in [0.4, 0.5) is 11.4 Å². The summed E-state index contributed by atoms with van der Waals surface area (Å²) < 4.78 is 10.9. The van der Waals surface area contributed by atoms with Gasteiger partial charge in [0.15, 0.2) is 0 Å². The van der Waals surface area contributed by atoms with E-state index in [9.17, 15) is 0 Å². The number of anilines is 2. The number of hydrogen-bond donors (Lipinski definition) is 0. The molecule has 0 fully saturated rings. The van der Waals surface area contributed by atoms with Crippen LogP contribution in [-0.2, 0) is 16.2 Å². The number of furan rings is 1. The molecule has 2 aliphatic heterocycles. The largest absolute Gasteiger partial charge is 0.456 e. The first-order chi connectivity index (χ1) is 34.7. The van der Waals surface area contributed by atoms with Gasteiger partial charge in [-0.2, -0.15) is 0 Å². The van der Waals surface area contributed by atoms with E-state index in [4.69, 9.17) is 4.42 Å². The van der Waals surface area contributed by atoms with Crippen LogP contribution in [-0.4, -0.2) is 11.4 Å². The topological polar surface area (TPSA) is 21.3 Å². The summed E-state index contributed by atoms with van der Waals surface area (Å²) in [4.78, 5) is 3.95. The zero-order chi connectivity index (χ0) is 48.7. The standard InChI is InChI=1S/C67H53BN2OS/c1-65(2,3)40-23-26-42(27-24-40)70-56-37-59-50(49-31-41(66(4,5)6)25-30-58(49)71-59)33-47(56)44-28-29-45-48-32-46-43-21-15-16-22-52(43)67(7,8)53(46)35-55(48)69-57-34-51-60(36-54(57)68(70)62(44)63(45)69)72-64(39-19-13-10-14-20-39)61(51)38-17-11-9-12-18-38/h9-37H,1-8H3. The van der Waals surface area contributed by atoms with Crippen molar-refractivity contribution in [2.24, 2.45) is 0 Å². The molecule has 0 bridgehead atoms. The van der Waals surface area contributed by atoms with E-state index in [0.717, 1.165) is 27.9 Å². The Morgan fingerprint density at radius 1 is 0.500 bits per heavy atom. The number of nitrogens with zero attached hydrogens (tertiary/aromatic N) is 2. The Labute approximate surface area is 425 Å². The normalized spacial score (nSPS) is 14.4. The molecule has 5 heteroatoms. The van der Waals surface area contributed by atoms with Gasteiger partial charge in [0.25, 0.3) is 0 Å². The molecule has 0 amide bonds. The van der Waals surface area contributed by atoms with Gasteiger partial charge in [-0.3, -0.25) is 0 Å². The van der Waals surface area contributed by atoms with Gasteiger partial charge >= 0.3 is 6.85 Å². The molecule has 0 spiro atoms. The van der Waals surface area contributed by atoms with E-state index in [2.05, 4.69) is 241 Å². The molecule has 346 valence electrons. The van der Waals surface area contributed by atoms with E-state index in [1.54, 1.807) is 0 Å². The van der Waals surface area contributed by atoms with Gasteiger partial charge in [0.2, 0.25) is 0 Å². The van der Waals surface area contributed by atoms with Crippen molar-refractivity contribution in [2.45, 2.75) is 71.6 Å². The number of aromatic nitrogens is 1. The fourth-order valence-corrected chi connectivity index (χ4v) is 14.3. The van der Waals surface area contributed by atoms with Crippen molar-refractivity contribution < 1.29 is 4.42 Å². The average Bonchev–Trinajstić information content (AvgIpc) is 4.10. The Balaban J connectivity index is 1.10. The van der Waals surface area contributed by atoms with Gasteiger partial charge in [0.1, 0.15) is 11.2 Å². The van der Waals surface area contributed by atoms with Crippen molar-refractivity contribution in [3.8, 4) is 49.5 Å². The van der Waals surface area contributed by atoms with Crippen molar-refractivity contribution in [1.29, 1.82) is 0 Å². The van der Waals surface area contributed by atoms with Crippen LogP contribution in [0.3, 0.4) is 0 Å². The molecule has 0 saturated heterocycles. The molecule has 5 heterocycles. The van der Waals surface area contributed by atoms with Gasteiger partial charge < -0.3 is 13.8 Å². The lowest BCUT2D eigenvalue weighted by Gasteiger charge is -2.42. The Kier molecular flexibility index (Phi) is 8.37. The third kappa shape index (κ3) is 5.69. The summed E-state index contributed by atoms with van der Waals surface area (Å²) in [6.07, 6.45) is 0. The minimum Gasteiger partial charge on any atom is -0.456 e. The molecule has 1 aliphatic carbocycles. The van der Waals surface area contributed by atoms with E-state index in [1.165, 1.54) is 120 Å². The van der Waals surface area contributed by atoms with Crippen LogP contribution in [0, 0.1) is 0 Å². The molecular weight excluding hydrogens is 892 g/mol. The summed E-state index contributed by atoms with van der Waals surface area (Å²) in [7, 11) is 0. The van der Waals surface area contributed by atoms with Crippen LogP contribution in [0.2, 0.25) is 0 Å². The third-order valence-corrected chi connectivity index (χ3v) is 17.9. The first kappa shape index (κ1) is 42.1. The number of thiophene rings is 1. The second-order valence-electron chi connectivity index (χ2n) is 23.3. The van der Waals surface area contributed by atoms with Crippen molar-refractivity contribution >= 4 is 94.3 Å². The SMILES string of the molecule is CC(C)(C)c1ccc(N2B3c4cc5sc(-c6ccccc6)c(-c6ccccc6)c5cc4-n4c5cc6c(cc5c5ccc(c3c54)-c3cc4c(cc32)oc2ccc(C(C)(C)C)cc24)-c2ccccc2C6(C)C)cc1. The quantitative estimate of drug-likeness (QED) is 0.165. The molecule has 3 nitrogen and oxygen atoms in total. The molecule has 12 aromatic rings. The molecule has 72 heavy (non-hydrogen) atoms. The third-order valence-electron chi connectivity index (χ3n) is 16.7. The van der Waals surface area contributed by atoms with Crippen LogP contribution in [0.25, 0.3) is 103 Å². The molecule has 9 aromatic carbocycles. The fraction of sp³-hybridized carbons (Fsp3) is 0.164. The van der Waals surface area contributed by atoms with Crippen molar-refractivity contribution in [3.05, 3.63) is 198 Å². The Bertz CT molecular complexity index is 4310. The number of benzene rings is 9. The zero-order valence-electron chi connectivity index (χ0n) is 42.0. The van der Waals surface area contributed by atoms with Gasteiger partial charge in [-0.05, 0) is 126 Å². The lowest BCUT2D eigenvalue weighted by atomic mass is 9.44. The molecule has 0 radical (unpaired) electrons. The molecule has 0 N–H and O–H groups in total. The molecule has 3 aromatic heterocycles. The highest BCUT2D eigenvalue weighted by molar-refractivity contribution is 7.23. The minimum absolute atomic E-state index is 0.000436. The smallest absolute Gasteiger partial charge is 0.333 e. The van der Waals surface area contributed by atoms with Crippen LogP contribution < -0.4 is 15.7 Å². The van der Waals surface area contributed by atoms with Gasteiger partial charge in [0, 0.05) is 76.2 Å². The maximum Gasteiger partial charge on any atom is 0.333 e. The van der Waals surface area contributed by atoms with Crippen LogP contribution in [0.1, 0.15) is 77.6 Å². The monoisotopic (exact) mass is 944 g/mol. The van der Waals surface area contributed by atoms with E-state index >= 15 is 0 Å². The highest BCUT2D eigenvalue weighted by atomic mass is 32.1. The second kappa shape index (κ2) is 14.3. The van der Waals surface area contributed by atoms with Crippen molar-refractivity contribution in [1.82, 2.24) is 4.57 Å². The van der Waals surface area contributed by atoms with E-state index < -0.39 is 0 Å². The maximum absolute atomic E-state index is 6.89. The van der Waals surface area contributed by atoms with Gasteiger partial charge in [-0.25, -0.2) is 0 Å². The zero-order valence-corrected chi connectivity index (χ0v) is 42.8. The molecule has 15 rings (SSSR count). The van der Waals surface area contributed by atoms with Crippen molar-refractivity contribution in [2.75, 3.05) is 4.81 Å². The Morgan fingerprint density at radius 3 is 1.93 bits per heavy atom. The predicted octanol–water partition coefficient (Wildman–Crippen LogP) is 17.4. The molecule has 0 atom stereocenters. The molecule has 0 saturated carbocycles. The second-order valence-corrected chi connectivity index (χ2v) is 24.3. The average molecular weight is 945 g/mol. The summed E-state index contributed by atoms with van der Waals surface area (Å²) in [5.74, 6) is 0. The number of hydrogen-bond acceptors (Lipinski definition) is 3. The van der Waals surface area contributed by atoms with Crippen molar-refractivity contribution in [3.63, 3.8) is 0 Å². The van der Waals surface area contributed by atoms with Crippen LogP contribution >= 0.6 is 11.3 Å². The molecular formula is C67H53BN2OS. The van der Waals surface area contributed by atoms with E-state index in [1.807, 2.05) is 11.3 Å². The van der Waals surface area contributed by atoms with Gasteiger partial charge in [-0.15, -0.1) is 11.3 Å². The summed E-state index contributed by atoms with van der Waals surface area (Å²) in [5.41, 5.74) is 24.8. The summed E-state index contributed by atoms with van der Waals surface area (Å²) in [5, 5.41) is 6.18. The molecule has 0 unspecified atom stereocenters. The van der Waals surface area contributed by atoms with Gasteiger partial charge in [-0.1, -0.05) is 171 Å². The lowest BCUT2D eigenvalue weighted by molar-refractivity contribution is 0.590. The first-order valence-electron chi connectivity index (χ1n) is 25.6. The lowest BCUT2D eigenvalue weighted by Crippen LogP contribution is -2.60. The summed E-state index contributed by atoms with van der Waals surface area (Å²) in [6, 6.07) is 67.2. The number of fused-ring (bicyclic) bond motifs is 15. The number of rotatable bonds is 3. The maximum atomic E-state index is 6.89. The summed E-state index contributed by atoms with van der Waals surface area (Å²) in [6.45, 7) is 18.5. The first-order valence-corrected chi connectivity index (χ1v) is 26.4. The fourth-order valence-electron chi connectivity index (χ4n) is 13.0. The van der Waals surface area contributed by atoms with E-state index in [0.29, 0.717) is 0 Å². The van der Waals surface area contributed by atoms with Gasteiger partial charge in [0.05, 0.1) is 11.0 Å². The minimum atomic E-state index is -0.154. The molecule has 3 aliphatic rings. The summed E-state index contributed by atoms with van der Waals surface area (Å²) >= 11 is 1.92. The van der Waals surface area contributed by atoms with Crippen LogP contribution in [0.5, 0.6) is 0 Å². The Hall–Kier alpha value is -7.60. The van der Waals surface area contributed by atoms with Crippen LogP contribution in [0.15, 0.2) is 180 Å². The Morgan fingerprint density at radius 2 is 1.18 bits per heavy atom. The highest BCUT2D eigenvalue weighted by Gasteiger charge is 2.46. The predicted molar refractivity (Wildman–Crippen MR) is 308 cm³/mol. The highest BCUT2D eigenvalue weighted by Crippen LogP contribution is 2.54. The van der Waals surface area contributed by atoms with E-state index in [-0.39, 0.29) is 23.1 Å².